The molecule has 1 aromatic rings. The van der Waals surface area contributed by atoms with Crippen molar-refractivity contribution in [3.63, 3.8) is 0 Å². The first-order chi connectivity index (χ1) is 7.72. The molecule has 0 aromatic carbocycles. The lowest BCUT2D eigenvalue weighted by Gasteiger charge is -2.33. The predicted molar refractivity (Wildman–Crippen MR) is 62.3 cm³/mol. The van der Waals surface area contributed by atoms with Gasteiger partial charge < -0.3 is 15.4 Å². The fourth-order valence-corrected chi connectivity index (χ4v) is 1.84. The minimum Gasteiger partial charge on any atom is -0.377 e. The first kappa shape index (κ1) is 11.3. The topological polar surface area (TPSA) is 64.3 Å². The number of nitrogens with two attached hydrogens (primary N) is 1. The van der Waals surface area contributed by atoms with Gasteiger partial charge in [-0.05, 0) is 13.8 Å². The van der Waals surface area contributed by atoms with Gasteiger partial charge in [0.15, 0.2) is 0 Å². The Bertz CT molecular complexity index is 369. The third kappa shape index (κ3) is 2.15. The van der Waals surface area contributed by atoms with Crippen LogP contribution in [0.3, 0.4) is 0 Å². The molecule has 16 heavy (non-hydrogen) atoms. The molecule has 0 aliphatic carbocycles. The van der Waals surface area contributed by atoms with Crippen molar-refractivity contribution in [3.05, 3.63) is 17.5 Å². The third-order valence-corrected chi connectivity index (χ3v) is 2.91. The van der Waals surface area contributed by atoms with Gasteiger partial charge in [-0.15, -0.1) is 0 Å². The Hall–Kier alpha value is -1.20. The molecule has 0 bridgehead atoms. The van der Waals surface area contributed by atoms with Gasteiger partial charge in [0.05, 0.1) is 19.3 Å². The fourth-order valence-electron chi connectivity index (χ4n) is 1.84. The summed E-state index contributed by atoms with van der Waals surface area (Å²) in [6.07, 6.45) is 1.82. The van der Waals surface area contributed by atoms with E-state index in [4.69, 9.17) is 10.5 Å². The molecule has 0 spiro atoms. The van der Waals surface area contributed by atoms with Crippen LogP contribution < -0.4 is 10.6 Å². The molecule has 1 aliphatic rings. The quantitative estimate of drug-likeness (QED) is 0.788. The number of nitrogens with zero attached hydrogens (tertiary/aromatic N) is 3. The van der Waals surface area contributed by atoms with Crippen molar-refractivity contribution in [1.82, 2.24) is 9.97 Å². The Balaban J connectivity index is 2.22. The number of ether oxygens (including phenoxy) is 1. The maximum absolute atomic E-state index is 5.59. The molecule has 1 fully saturated rings. The molecule has 1 aliphatic heterocycles. The van der Waals surface area contributed by atoms with Gasteiger partial charge in [0.25, 0.3) is 0 Å². The second-order valence-electron chi connectivity index (χ2n) is 4.10. The highest BCUT2D eigenvalue weighted by Crippen LogP contribution is 2.16. The predicted octanol–water partition coefficient (Wildman–Crippen LogP) is 0.469. The van der Waals surface area contributed by atoms with Gasteiger partial charge in [0.2, 0.25) is 5.95 Å². The van der Waals surface area contributed by atoms with E-state index in [1.807, 2.05) is 13.1 Å². The number of rotatable bonds is 2. The van der Waals surface area contributed by atoms with E-state index in [2.05, 4.69) is 21.8 Å². The van der Waals surface area contributed by atoms with E-state index in [9.17, 15) is 0 Å². The van der Waals surface area contributed by atoms with Crippen molar-refractivity contribution in [2.75, 3.05) is 24.7 Å². The first-order valence-corrected chi connectivity index (χ1v) is 5.59. The van der Waals surface area contributed by atoms with Crippen molar-refractivity contribution < 1.29 is 4.74 Å². The molecule has 5 nitrogen and oxygen atoms in total. The van der Waals surface area contributed by atoms with Gasteiger partial charge in [-0.1, -0.05) is 0 Å². The minimum absolute atomic E-state index is 0.330. The average molecular weight is 222 g/mol. The number of anilines is 1. The Morgan fingerprint density at radius 3 is 3.06 bits per heavy atom. The zero-order chi connectivity index (χ0) is 11.5. The molecule has 0 saturated carbocycles. The van der Waals surface area contributed by atoms with E-state index in [-0.39, 0.29) is 0 Å². The normalized spacial score (nSPS) is 21.2. The van der Waals surface area contributed by atoms with Crippen LogP contribution in [0.5, 0.6) is 0 Å². The largest absolute Gasteiger partial charge is 0.377 e. The molecule has 0 radical (unpaired) electrons. The van der Waals surface area contributed by atoms with Crippen LogP contribution in [0.2, 0.25) is 0 Å². The molecular formula is C11H18N4O. The van der Waals surface area contributed by atoms with E-state index in [1.54, 1.807) is 0 Å². The van der Waals surface area contributed by atoms with Crippen molar-refractivity contribution >= 4 is 5.95 Å². The minimum atomic E-state index is 0.330. The highest BCUT2D eigenvalue weighted by Gasteiger charge is 2.21. The fraction of sp³-hybridized carbons (Fsp3) is 0.636. The van der Waals surface area contributed by atoms with Crippen LogP contribution in [0.25, 0.3) is 0 Å². The standard InChI is InChI=1S/C11H18N4O/c1-8-7-16-4-3-15(8)11-13-6-10(5-12)9(2)14-11/h6,8H,3-5,7,12H2,1-2H3. The van der Waals surface area contributed by atoms with E-state index in [1.165, 1.54) is 0 Å². The summed E-state index contributed by atoms with van der Waals surface area (Å²) >= 11 is 0. The lowest BCUT2D eigenvalue weighted by Crippen LogP contribution is -2.44. The molecule has 88 valence electrons. The smallest absolute Gasteiger partial charge is 0.225 e. The Morgan fingerprint density at radius 2 is 2.44 bits per heavy atom. The molecule has 1 unspecified atom stereocenters. The molecular weight excluding hydrogens is 204 g/mol. The van der Waals surface area contributed by atoms with Gasteiger partial charge in [-0.25, -0.2) is 9.97 Å². The summed E-state index contributed by atoms with van der Waals surface area (Å²) in [5, 5.41) is 0. The van der Waals surface area contributed by atoms with E-state index in [0.29, 0.717) is 12.6 Å². The Kier molecular flexibility index (Phi) is 3.36. The van der Waals surface area contributed by atoms with Gasteiger partial charge in [-0.2, -0.15) is 0 Å². The van der Waals surface area contributed by atoms with Crippen molar-refractivity contribution in [2.45, 2.75) is 26.4 Å². The van der Waals surface area contributed by atoms with Crippen LogP contribution in [-0.2, 0) is 11.3 Å². The van der Waals surface area contributed by atoms with Crippen molar-refractivity contribution in [1.29, 1.82) is 0 Å². The summed E-state index contributed by atoms with van der Waals surface area (Å²) < 4.78 is 5.39. The molecule has 0 amide bonds. The maximum atomic E-state index is 5.59. The highest BCUT2D eigenvalue weighted by molar-refractivity contribution is 5.34. The van der Waals surface area contributed by atoms with Crippen molar-refractivity contribution in [3.8, 4) is 0 Å². The highest BCUT2D eigenvalue weighted by atomic mass is 16.5. The van der Waals surface area contributed by atoms with Crippen LogP contribution in [0.4, 0.5) is 5.95 Å². The maximum Gasteiger partial charge on any atom is 0.225 e. The van der Waals surface area contributed by atoms with Crippen LogP contribution in [0.15, 0.2) is 6.20 Å². The van der Waals surface area contributed by atoms with Gasteiger partial charge in [-0.3, -0.25) is 0 Å². The second-order valence-corrected chi connectivity index (χ2v) is 4.10. The monoisotopic (exact) mass is 222 g/mol. The van der Waals surface area contributed by atoms with E-state index in [0.717, 1.165) is 37.0 Å². The Morgan fingerprint density at radius 1 is 1.62 bits per heavy atom. The molecule has 5 heteroatoms. The van der Waals surface area contributed by atoms with Crippen molar-refractivity contribution in [2.24, 2.45) is 5.73 Å². The number of aryl methyl sites for hydroxylation is 1. The number of morpholine rings is 1. The van der Waals surface area contributed by atoms with E-state index >= 15 is 0 Å². The summed E-state index contributed by atoms with van der Waals surface area (Å²) in [5.74, 6) is 0.783. The van der Waals surface area contributed by atoms with Gasteiger partial charge in [0, 0.05) is 30.5 Å². The van der Waals surface area contributed by atoms with Gasteiger partial charge >= 0.3 is 0 Å². The molecule has 2 heterocycles. The second kappa shape index (κ2) is 4.76. The molecule has 1 atom stereocenters. The Labute approximate surface area is 95.6 Å². The number of aromatic nitrogens is 2. The molecule has 2 N–H and O–H groups in total. The number of hydrogen-bond acceptors (Lipinski definition) is 5. The zero-order valence-corrected chi connectivity index (χ0v) is 9.81. The van der Waals surface area contributed by atoms with E-state index < -0.39 is 0 Å². The van der Waals surface area contributed by atoms with Crippen LogP contribution in [0, 0.1) is 6.92 Å². The molecule has 2 rings (SSSR count). The SMILES string of the molecule is Cc1nc(N2CCOCC2C)ncc1CN. The third-order valence-electron chi connectivity index (χ3n) is 2.91. The van der Waals surface area contributed by atoms with Crippen LogP contribution in [0.1, 0.15) is 18.2 Å². The van der Waals surface area contributed by atoms with Crippen LogP contribution >= 0.6 is 0 Å². The first-order valence-electron chi connectivity index (χ1n) is 5.59. The summed E-state index contributed by atoms with van der Waals surface area (Å²) in [5.41, 5.74) is 7.56. The zero-order valence-electron chi connectivity index (χ0n) is 9.81. The lowest BCUT2D eigenvalue weighted by molar-refractivity contribution is 0.0980. The van der Waals surface area contributed by atoms with Gasteiger partial charge in [0.1, 0.15) is 0 Å². The summed E-state index contributed by atoms with van der Waals surface area (Å²) in [6.45, 7) is 6.91. The lowest BCUT2D eigenvalue weighted by atomic mass is 10.2. The molecule has 1 aromatic heterocycles. The average Bonchev–Trinajstić information content (AvgIpc) is 2.29. The summed E-state index contributed by atoms with van der Waals surface area (Å²) in [4.78, 5) is 11.0. The summed E-state index contributed by atoms with van der Waals surface area (Å²) in [7, 11) is 0. The van der Waals surface area contributed by atoms with Crippen LogP contribution in [-0.4, -0.2) is 35.8 Å². The summed E-state index contributed by atoms with van der Waals surface area (Å²) in [6, 6.07) is 0.330. The number of hydrogen-bond donors (Lipinski definition) is 1. The molecule has 1 saturated heterocycles.